The van der Waals surface area contributed by atoms with Crippen molar-refractivity contribution in [2.45, 2.75) is 19.3 Å². The van der Waals surface area contributed by atoms with Crippen molar-refractivity contribution in [3.63, 3.8) is 0 Å². The molecule has 1 aliphatic rings. The summed E-state index contributed by atoms with van der Waals surface area (Å²) in [7, 11) is 1.65. The predicted molar refractivity (Wildman–Crippen MR) is 79.3 cm³/mol. The Bertz CT molecular complexity index is 397. The van der Waals surface area contributed by atoms with Gasteiger partial charge in [-0.2, -0.15) is 0 Å². The number of ether oxygens (including phenoxy) is 2. The van der Waals surface area contributed by atoms with Crippen LogP contribution in [0.1, 0.15) is 19.3 Å². The van der Waals surface area contributed by atoms with Crippen molar-refractivity contribution in [3.05, 3.63) is 24.3 Å². The van der Waals surface area contributed by atoms with Crippen LogP contribution >= 0.6 is 0 Å². The highest BCUT2D eigenvalue weighted by atomic mass is 16.5. The van der Waals surface area contributed by atoms with Crippen molar-refractivity contribution in [2.75, 3.05) is 33.4 Å². The number of nitrogens with one attached hydrogen (secondary N) is 1. The molecule has 1 aromatic rings. The lowest BCUT2D eigenvalue weighted by Crippen LogP contribution is -2.29. The van der Waals surface area contributed by atoms with Gasteiger partial charge in [-0.1, -0.05) is 18.6 Å². The Morgan fingerprint density at radius 2 is 1.95 bits per heavy atom. The molecule has 2 atom stereocenters. The molecule has 0 spiro atoms. The molecule has 1 aliphatic carbocycles. The van der Waals surface area contributed by atoms with E-state index in [1.807, 2.05) is 24.3 Å². The van der Waals surface area contributed by atoms with Crippen molar-refractivity contribution in [1.29, 1.82) is 0 Å². The van der Waals surface area contributed by atoms with Gasteiger partial charge in [0, 0.05) is 13.2 Å². The molecule has 0 saturated heterocycles. The molecule has 2 N–H and O–H groups in total. The molecular formula is C16H25NO3. The van der Waals surface area contributed by atoms with Crippen LogP contribution in [0, 0.1) is 11.8 Å². The monoisotopic (exact) mass is 279 g/mol. The lowest BCUT2D eigenvalue weighted by molar-refractivity contribution is 0.191. The first-order valence-corrected chi connectivity index (χ1v) is 7.42. The summed E-state index contributed by atoms with van der Waals surface area (Å²) in [6.07, 6.45) is 3.64. The van der Waals surface area contributed by atoms with Crippen LogP contribution in [0.3, 0.4) is 0 Å². The Morgan fingerprint density at radius 1 is 1.20 bits per heavy atom. The number of rotatable bonds is 8. The normalized spacial score (nSPS) is 21.9. The number of aliphatic hydroxyl groups excluding tert-OH is 1. The summed E-state index contributed by atoms with van der Waals surface area (Å²) in [6, 6.07) is 7.68. The van der Waals surface area contributed by atoms with Crippen LogP contribution in [0.5, 0.6) is 11.5 Å². The van der Waals surface area contributed by atoms with Crippen LogP contribution < -0.4 is 14.8 Å². The van der Waals surface area contributed by atoms with Gasteiger partial charge in [-0.3, -0.25) is 0 Å². The highest BCUT2D eigenvalue weighted by Crippen LogP contribution is 2.30. The maximum absolute atomic E-state index is 9.28. The lowest BCUT2D eigenvalue weighted by Gasteiger charge is -2.18. The third-order valence-electron chi connectivity index (χ3n) is 4.06. The SMILES string of the molecule is COc1ccccc1OCCNCC1CCCC1CO. The molecule has 1 fully saturated rings. The number of para-hydroxylation sites is 2. The first-order chi connectivity index (χ1) is 9.85. The summed E-state index contributed by atoms with van der Waals surface area (Å²) in [5.74, 6) is 2.65. The van der Waals surface area contributed by atoms with Gasteiger partial charge in [0.25, 0.3) is 0 Å². The number of hydrogen-bond acceptors (Lipinski definition) is 4. The second-order valence-corrected chi connectivity index (χ2v) is 5.34. The zero-order chi connectivity index (χ0) is 14.2. The van der Waals surface area contributed by atoms with Crippen molar-refractivity contribution < 1.29 is 14.6 Å². The summed E-state index contributed by atoms with van der Waals surface area (Å²) in [5, 5.41) is 12.7. The van der Waals surface area contributed by atoms with E-state index in [2.05, 4.69) is 5.32 Å². The number of benzene rings is 1. The van der Waals surface area contributed by atoms with Gasteiger partial charge in [0.2, 0.25) is 0 Å². The molecule has 0 heterocycles. The van der Waals surface area contributed by atoms with Crippen LogP contribution in [0.2, 0.25) is 0 Å². The van der Waals surface area contributed by atoms with Crippen LogP contribution in [0.15, 0.2) is 24.3 Å². The molecule has 0 aromatic heterocycles. The van der Waals surface area contributed by atoms with Gasteiger partial charge < -0.3 is 19.9 Å². The molecule has 1 saturated carbocycles. The summed E-state index contributed by atoms with van der Waals surface area (Å²) in [5.41, 5.74) is 0. The van der Waals surface area contributed by atoms with E-state index in [-0.39, 0.29) is 0 Å². The first-order valence-electron chi connectivity index (χ1n) is 7.42. The molecule has 1 aromatic carbocycles. The molecule has 4 heteroatoms. The highest BCUT2D eigenvalue weighted by Gasteiger charge is 2.25. The Hall–Kier alpha value is -1.26. The minimum Gasteiger partial charge on any atom is -0.493 e. The predicted octanol–water partition coefficient (Wildman–Crippen LogP) is 2.07. The maximum atomic E-state index is 9.28. The number of aliphatic hydroxyl groups is 1. The number of methoxy groups -OCH3 is 1. The van der Waals surface area contributed by atoms with Gasteiger partial charge in [-0.05, 0) is 43.4 Å². The average molecular weight is 279 g/mol. The fourth-order valence-corrected chi connectivity index (χ4v) is 2.88. The topological polar surface area (TPSA) is 50.7 Å². The van der Waals surface area contributed by atoms with Crippen molar-refractivity contribution in [3.8, 4) is 11.5 Å². The van der Waals surface area contributed by atoms with Gasteiger partial charge in [0.05, 0.1) is 7.11 Å². The largest absolute Gasteiger partial charge is 0.493 e. The van der Waals surface area contributed by atoms with E-state index in [0.29, 0.717) is 25.0 Å². The standard InChI is InChI=1S/C16H25NO3/c1-19-15-7-2-3-8-16(15)20-10-9-17-11-13-5-4-6-14(13)12-18/h2-3,7-8,13-14,17-18H,4-6,9-12H2,1H3. The molecule has 0 bridgehead atoms. The lowest BCUT2D eigenvalue weighted by atomic mass is 9.97. The highest BCUT2D eigenvalue weighted by molar-refractivity contribution is 5.39. The fourth-order valence-electron chi connectivity index (χ4n) is 2.88. The van der Waals surface area contributed by atoms with E-state index in [4.69, 9.17) is 9.47 Å². The van der Waals surface area contributed by atoms with E-state index < -0.39 is 0 Å². The van der Waals surface area contributed by atoms with Gasteiger partial charge in [0.1, 0.15) is 6.61 Å². The molecular weight excluding hydrogens is 254 g/mol. The summed E-state index contributed by atoms with van der Waals surface area (Å²) < 4.78 is 10.9. The molecule has 4 nitrogen and oxygen atoms in total. The first kappa shape index (κ1) is 15.1. The molecule has 0 aliphatic heterocycles. The average Bonchev–Trinajstić information content (AvgIpc) is 2.95. The fraction of sp³-hybridized carbons (Fsp3) is 0.625. The Morgan fingerprint density at radius 3 is 2.70 bits per heavy atom. The van der Waals surface area contributed by atoms with Gasteiger partial charge in [-0.25, -0.2) is 0 Å². The zero-order valence-corrected chi connectivity index (χ0v) is 12.2. The van der Waals surface area contributed by atoms with Crippen molar-refractivity contribution >= 4 is 0 Å². The van der Waals surface area contributed by atoms with E-state index in [1.54, 1.807) is 7.11 Å². The summed E-state index contributed by atoms with van der Waals surface area (Å²) in [4.78, 5) is 0. The minimum absolute atomic E-state index is 0.323. The van der Waals surface area contributed by atoms with Crippen LogP contribution in [-0.2, 0) is 0 Å². The van der Waals surface area contributed by atoms with E-state index in [0.717, 1.165) is 24.6 Å². The van der Waals surface area contributed by atoms with Crippen LogP contribution in [-0.4, -0.2) is 38.5 Å². The van der Waals surface area contributed by atoms with Crippen molar-refractivity contribution in [2.24, 2.45) is 11.8 Å². The minimum atomic E-state index is 0.323. The van der Waals surface area contributed by atoms with E-state index in [1.165, 1.54) is 19.3 Å². The third kappa shape index (κ3) is 4.12. The molecule has 112 valence electrons. The summed E-state index contributed by atoms with van der Waals surface area (Å²) in [6.45, 7) is 2.73. The van der Waals surface area contributed by atoms with Gasteiger partial charge in [-0.15, -0.1) is 0 Å². The van der Waals surface area contributed by atoms with Crippen LogP contribution in [0.4, 0.5) is 0 Å². The van der Waals surface area contributed by atoms with Crippen molar-refractivity contribution in [1.82, 2.24) is 5.32 Å². The second-order valence-electron chi connectivity index (χ2n) is 5.34. The Balaban J connectivity index is 1.64. The van der Waals surface area contributed by atoms with Gasteiger partial charge in [0.15, 0.2) is 11.5 Å². The Kier molecular flexibility index (Phi) is 6.15. The second kappa shape index (κ2) is 8.12. The maximum Gasteiger partial charge on any atom is 0.161 e. The van der Waals surface area contributed by atoms with Crippen LogP contribution in [0.25, 0.3) is 0 Å². The van der Waals surface area contributed by atoms with E-state index >= 15 is 0 Å². The smallest absolute Gasteiger partial charge is 0.161 e. The zero-order valence-electron chi connectivity index (χ0n) is 12.2. The number of hydrogen-bond donors (Lipinski definition) is 2. The molecule has 2 rings (SSSR count). The molecule has 0 radical (unpaired) electrons. The Labute approximate surface area is 121 Å². The molecule has 20 heavy (non-hydrogen) atoms. The molecule has 0 amide bonds. The third-order valence-corrected chi connectivity index (χ3v) is 4.06. The molecule has 2 unspecified atom stereocenters. The quantitative estimate of drug-likeness (QED) is 0.715. The van der Waals surface area contributed by atoms with Gasteiger partial charge >= 0.3 is 0 Å². The van der Waals surface area contributed by atoms with E-state index in [9.17, 15) is 5.11 Å². The summed E-state index contributed by atoms with van der Waals surface area (Å²) >= 11 is 0.